The molecular weight excluding hydrogens is 463 g/mol. The van der Waals surface area contributed by atoms with Gasteiger partial charge in [0.05, 0.1) is 17.4 Å². The number of pyridine rings is 1. The fourth-order valence-corrected chi connectivity index (χ4v) is 3.91. The average Bonchev–Trinajstić information content (AvgIpc) is 3.54. The van der Waals surface area contributed by atoms with E-state index in [9.17, 15) is 9.18 Å². The SMILES string of the molecule is COCC(=O)NCCNC1=NC=CC(c2nc(-c3ccc(F)cc3)[nH]c2-c2cnc3[nH]ccc3c2)N1. The Labute approximate surface area is 206 Å². The number of methoxy groups -OCH3 is 1. The summed E-state index contributed by atoms with van der Waals surface area (Å²) < 4.78 is 18.3. The van der Waals surface area contributed by atoms with Crippen molar-refractivity contribution in [3.63, 3.8) is 0 Å². The van der Waals surface area contributed by atoms with Crippen LogP contribution in [0.2, 0.25) is 0 Å². The summed E-state index contributed by atoms with van der Waals surface area (Å²) in [5.41, 5.74) is 3.96. The number of fused-ring (bicyclic) bond motifs is 1. The molecule has 184 valence electrons. The molecule has 0 saturated carbocycles. The first kappa shape index (κ1) is 23.2. The van der Waals surface area contributed by atoms with Gasteiger partial charge in [-0.15, -0.1) is 0 Å². The van der Waals surface area contributed by atoms with Crippen LogP contribution in [0.5, 0.6) is 0 Å². The molecule has 10 nitrogen and oxygen atoms in total. The molecule has 0 spiro atoms. The van der Waals surface area contributed by atoms with Crippen molar-refractivity contribution in [2.75, 3.05) is 26.8 Å². The number of hydrogen-bond acceptors (Lipinski definition) is 7. The number of rotatable bonds is 8. The quantitative estimate of drug-likeness (QED) is 0.242. The lowest BCUT2D eigenvalue weighted by Gasteiger charge is -2.21. The molecule has 3 aromatic heterocycles. The molecular formula is C25H25FN8O2. The van der Waals surface area contributed by atoms with Gasteiger partial charge in [0, 0.05) is 55.3 Å². The van der Waals surface area contributed by atoms with Crippen LogP contribution in [0, 0.1) is 5.82 Å². The largest absolute Gasteiger partial charge is 0.375 e. The van der Waals surface area contributed by atoms with Gasteiger partial charge in [-0.2, -0.15) is 0 Å². The third-order valence-electron chi connectivity index (χ3n) is 5.62. The number of ether oxygens (including phenoxy) is 1. The Hall–Kier alpha value is -4.51. The summed E-state index contributed by atoms with van der Waals surface area (Å²) >= 11 is 0. The van der Waals surface area contributed by atoms with Crippen LogP contribution in [-0.2, 0) is 9.53 Å². The van der Waals surface area contributed by atoms with Crippen LogP contribution in [0.15, 0.2) is 66.1 Å². The van der Waals surface area contributed by atoms with Crippen molar-refractivity contribution < 1.29 is 13.9 Å². The molecule has 1 aliphatic rings. The molecule has 1 unspecified atom stereocenters. The summed E-state index contributed by atoms with van der Waals surface area (Å²) in [5.74, 6) is 0.676. The molecule has 4 heterocycles. The summed E-state index contributed by atoms with van der Waals surface area (Å²) in [7, 11) is 1.47. The predicted octanol–water partition coefficient (Wildman–Crippen LogP) is 2.63. The van der Waals surface area contributed by atoms with Crippen molar-refractivity contribution in [3.05, 3.63) is 72.6 Å². The second-order valence-electron chi connectivity index (χ2n) is 8.14. The highest BCUT2D eigenvalue weighted by Crippen LogP contribution is 2.32. The first-order valence-electron chi connectivity index (χ1n) is 11.4. The summed E-state index contributed by atoms with van der Waals surface area (Å²) in [6.07, 6.45) is 7.24. The van der Waals surface area contributed by atoms with E-state index in [1.807, 2.05) is 24.4 Å². The molecule has 1 aliphatic heterocycles. The molecule has 0 radical (unpaired) electrons. The van der Waals surface area contributed by atoms with Crippen molar-refractivity contribution in [1.29, 1.82) is 0 Å². The van der Waals surface area contributed by atoms with Gasteiger partial charge in [-0.25, -0.2) is 19.4 Å². The first-order valence-corrected chi connectivity index (χ1v) is 11.4. The zero-order valence-electron chi connectivity index (χ0n) is 19.5. The fraction of sp³-hybridized carbons (Fsp3) is 0.200. The number of hydrogen-bond donors (Lipinski definition) is 5. The van der Waals surface area contributed by atoms with Gasteiger partial charge in [0.15, 0.2) is 5.96 Å². The summed E-state index contributed by atoms with van der Waals surface area (Å²) in [6, 6.07) is 9.88. The number of nitrogens with zero attached hydrogens (tertiary/aromatic N) is 3. The van der Waals surface area contributed by atoms with E-state index in [1.165, 1.54) is 19.2 Å². The number of carbonyl (C=O) groups is 1. The van der Waals surface area contributed by atoms with Crippen molar-refractivity contribution in [1.82, 2.24) is 35.9 Å². The van der Waals surface area contributed by atoms with E-state index >= 15 is 0 Å². The number of guanidine groups is 1. The lowest BCUT2D eigenvalue weighted by molar-refractivity contribution is -0.124. The lowest BCUT2D eigenvalue weighted by Crippen LogP contribution is -2.44. The van der Waals surface area contributed by atoms with Crippen molar-refractivity contribution in [2.24, 2.45) is 4.99 Å². The number of aliphatic imine (C=N–C) groups is 1. The Kier molecular flexibility index (Phi) is 6.72. The fourth-order valence-electron chi connectivity index (χ4n) is 3.91. The van der Waals surface area contributed by atoms with Crippen LogP contribution in [-0.4, -0.2) is 58.6 Å². The molecule has 0 fully saturated rings. The standard InChI is InChI=1S/C25H25FN8O2/c1-36-14-20(35)27-10-11-30-25-29-9-7-19(32-25)22-21(17-12-16-6-8-28-23(16)31-13-17)33-24(34-22)15-2-4-18(26)5-3-15/h2-9,12-13,19H,10-11,14H2,1H3,(H,27,35)(H,28,31)(H,33,34)(H2,29,30,32). The Morgan fingerprint density at radius 2 is 2.03 bits per heavy atom. The molecule has 0 aliphatic carbocycles. The normalized spacial score (nSPS) is 14.9. The number of aromatic nitrogens is 4. The van der Waals surface area contributed by atoms with Crippen LogP contribution >= 0.6 is 0 Å². The minimum absolute atomic E-state index is 0.0196. The molecule has 1 aromatic carbocycles. The Bertz CT molecular complexity index is 1420. The maximum atomic E-state index is 13.5. The Balaban J connectivity index is 1.39. The van der Waals surface area contributed by atoms with Gasteiger partial charge in [0.2, 0.25) is 5.91 Å². The molecule has 5 rings (SSSR count). The van der Waals surface area contributed by atoms with Crippen molar-refractivity contribution >= 4 is 22.9 Å². The maximum absolute atomic E-state index is 13.5. The first-order chi connectivity index (χ1) is 17.6. The number of aromatic amines is 2. The van der Waals surface area contributed by atoms with E-state index in [0.29, 0.717) is 24.9 Å². The number of H-pyrrole nitrogens is 2. The van der Waals surface area contributed by atoms with Crippen LogP contribution in [0.3, 0.4) is 0 Å². The number of imidazole rings is 1. The van der Waals surface area contributed by atoms with Crippen LogP contribution in [0.4, 0.5) is 4.39 Å². The topological polar surface area (TPSA) is 132 Å². The highest BCUT2D eigenvalue weighted by Gasteiger charge is 2.23. The summed E-state index contributed by atoms with van der Waals surface area (Å²) in [5, 5.41) is 10.3. The molecule has 4 aromatic rings. The second-order valence-corrected chi connectivity index (χ2v) is 8.14. The number of amides is 1. The van der Waals surface area contributed by atoms with E-state index < -0.39 is 0 Å². The molecule has 0 saturated heterocycles. The van der Waals surface area contributed by atoms with Crippen molar-refractivity contribution in [3.8, 4) is 22.6 Å². The van der Waals surface area contributed by atoms with Crippen molar-refractivity contribution in [2.45, 2.75) is 6.04 Å². The zero-order valence-corrected chi connectivity index (χ0v) is 19.5. The van der Waals surface area contributed by atoms with Crippen LogP contribution in [0.25, 0.3) is 33.7 Å². The number of halogens is 1. The van der Waals surface area contributed by atoms with Gasteiger partial charge in [-0.05, 0) is 42.5 Å². The van der Waals surface area contributed by atoms with E-state index in [2.05, 4.69) is 35.9 Å². The van der Waals surface area contributed by atoms with Gasteiger partial charge >= 0.3 is 0 Å². The van der Waals surface area contributed by atoms with Gasteiger partial charge in [-0.3, -0.25) is 4.79 Å². The minimum atomic E-state index is -0.310. The second kappa shape index (κ2) is 10.4. The molecule has 5 N–H and O–H groups in total. The lowest BCUT2D eigenvalue weighted by atomic mass is 10.1. The van der Waals surface area contributed by atoms with Crippen LogP contribution < -0.4 is 16.0 Å². The minimum Gasteiger partial charge on any atom is -0.375 e. The summed E-state index contributed by atoms with van der Waals surface area (Å²) in [6.45, 7) is 0.915. The van der Waals surface area contributed by atoms with E-state index in [-0.39, 0.29) is 24.4 Å². The van der Waals surface area contributed by atoms with Gasteiger partial charge in [0.1, 0.15) is 23.9 Å². The number of nitrogens with one attached hydrogen (secondary N) is 5. The Morgan fingerprint density at radius 1 is 1.17 bits per heavy atom. The highest BCUT2D eigenvalue weighted by molar-refractivity contribution is 5.84. The monoisotopic (exact) mass is 488 g/mol. The molecule has 36 heavy (non-hydrogen) atoms. The highest BCUT2D eigenvalue weighted by atomic mass is 19.1. The third-order valence-corrected chi connectivity index (χ3v) is 5.62. The maximum Gasteiger partial charge on any atom is 0.246 e. The molecule has 11 heteroatoms. The average molecular weight is 489 g/mol. The van der Waals surface area contributed by atoms with E-state index in [0.717, 1.165) is 33.5 Å². The third kappa shape index (κ3) is 5.10. The Morgan fingerprint density at radius 3 is 2.86 bits per heavy atom. The zero-order chi connectivity index (χ0) is 24.9. The molecule has 1 amide bonds. The molecule has 0 bridgehead atoms. The van der Waals surface area contributed by atoms with Gasteiger partial charge in [-0.1, -0.05) is 0 Å². The molecule has 1 atom stereocenters. The van der Waals surface area contributed by atoms with E-state index in [1.54, 1.807) is 24.5 Å². The number of benzene rings is 1. The number of carbonyl (C=O) groups excluding carboxylic acids is 1. The predicted molar refractivity (Wildman–Crippen MR) is 134 cm³/mol. The van der Waals surface area contributed by atoms with E-state index in [4.69, 9.17) is 9.72 Å². The van der Waals surface area contributed by atoms with Gasteiger partial charge in [0.25, 0.3) is 0 Å². The van der Waals surface area contributed by atoms with Crippen LogP contribution in [0.1, 0.15) is 11.7 Å². The van der Waals surface area contributed by atoms with Gasteiger partial charge < -0.3 is 30.7 Å². The smallest absolute Gasteiger partial charge is 0.246 e. The summed E-state index contributed by atoms with van der Waals surface area (Å²) in [4.78, 5) is 31.8.